The summed E-state index contributed by atoms with van der Waals surface area (Å²) in [5.41, 5.74) is 12.1. The van der Waals surface area contributed by atoms with Crippen molar-refractivity contribution in [3.63, 3.8) is 0 Å². The summed E-state index contributed by atoms with van der Waals surface area (Å²) in [6, 6.07) is 14.8. The maximum absolute atomic E-state index is 12.0. The minimum atomic E-state index is -0.216. The standard InChI is InChI=1S/C16H17N3O/c1-11-6-3-4-9-15(11)16(20)19-18-12(2)13-7-5-8-14(17)10-13/h3-10H,17H2,1-2H3,(H,19,20)/b18-12+. The van der Waals surface area contributed by atoms with Crippen LogP contribution in [0.3, 0.4) is 0 Å². The Bertz CT molecular complexity index is 662. The Morgan fingerprint density at radius 2 is 1.90 bits per heavy atom. The van der Waals surface area contributed by atoms with Gasteiger partial charge in [-0.15, -0.1) is 0 Å². The van der Waals surface area contributed by atoms with E-state index in [0.29, 0.717) is 17.0 Å². The number of benzene rings is 2. The molecule has 0 atom stereocenters. The van der Waals surface area contributed by atoms with E-state index < -0.39 is 0 Å². The van der Waals surface area contributed by atoms with Crippen molar-refractivity contribution in [3.8, 4) is 0 Å². The van der Waals surface area contributed by atoms with Crippen molar-refractivity contribution in [1.29, 1.82) is 0 Å². The molecule has 2 aromatic rings. The molecule has 102 valence electrons. The second kappa shape index (κ2) is 6.02. The van der Waals surface area contributed by atoms with E-state index >= 15 is 0 Å². The molecule has 0 fully saturated rings. The average Bonchev–Trinajstić information content (AvgIpc) is 2.45. The lowest BCUT2D eigenvalue weighted by molar-refractivity contribution is 0.0954. The number of carbonyl (C=O) groups excluding carboxylic acids is 1. The molecule has 0 aliphatic carbocycles. The topological polar surface area (TPSA) is 67.5 Å². The summed E-state index contributed by atoms with van der Waals surface area (Å²) < 4.78 is 0. The third-order valence-electron chi connectivity index (χ3n) is 3.02. The van der Waals surface area contributed by atoms with E-state index in [2.05, 4.69) is 10.5 Å². The summed E-state index contributed by atoms with van der Waals surface area (Å²) in [6.07, 6.45) is 0. The fraction of sp³-hybridized carbons (Fsp3) is 0.125. The fourth-order valence-electron chi connectivity index (χ4n) is 1.85. The van der Waals surface area contributed by atoms with Crippen LogP contribution in [0.5, 0.6) is 0 Å². The van der Waals surface area contributed by atoms with Gasteiger partial charge in [-0.1, -0.05) is 30.3 Å². The number of anilines is 1. The fourth-order valence-corrected chi connectivity index (χ4v) is 1.85. The first-order chi connectivity index (χ1) is 9.58. The first-order valence-corrected chi connectivity index (χ1v) is 6.34. The summed E-state index contributed by atoms with van der Waals surface area (Å²) in [6.45, 7) is 3.72. The molecular formula is C16H17N3O. The van der Waals surface area contributed by atoms with Gasteiger partial charge in [-0.3, -0.25) is 4.79 Å². The Morgan fingerprint density at radius 3 is 2.60 bits per heavy atom. The summed E-state index contributed by atoms with van der Waals surface area (Å²) in [4.78, 5) is 12.0. The predicted octanol–water partition coefficient (Wildman–Crippen LogP) is 2.73. The maximum Gasteiger partial charge on any atom is 0.271 e. The van der Waals surface area contributed by atoms with Crippen LogP contribution in [0, 0.1) is 6.92 Å². The number of hydrogen-bond donors (Lipinski definition) is 2. The summed E-state index contributed by atoms with van der Waals surface area (Å²) in [5, 5.41) is 4.11. The highest BCUT2D eigenvalue weighted by Gasteiger charge is 2.07. The number of hydrogen-bond acceptors (Lipinski definition) is 3. The zero-order valence-corrected chi connectivity index (χ0v) is 11.6. The monoisotopic (exact) mass is 267 g/mol. The summed E-state index contributed by atoms with van der Waals surface area (Å²) >= 11 is 0. The molecule has 3 N–H and O–H groups in total. The van der Waals surface area contributed by atoms with E-state index in [1.807, 2.05) is 56.3 Å². The zero-order valence-electron chi connectivity index (χ0n) is 11.6. The predicted molar refractivity (Wildman–Crippen MR) is 81.7 cm³/mol. The molecule has 0 aliphatic rings. The zero-order chi connectivity index (χ0) is 14.5. The van der Waals surface area contributed by atoms with Crippen molar-refractivity contribution in [2.24, 2.45) is 5.10 Å². The Morgan fingerprint density at radius 1 is 1.15 bits per heavy atom. The largest absolute Gasteiger partial charge is 0.399 e. The average molecular weight is 267 g/mol. The molecule has 2 rings (SSSR count). The number of nitrogens with one attached hydrogen (secondary N) is 1. The molecule has 0 spiro atoms. The van der Waals surface area contributed by atoms with Crippen molar-refractivity contribution in [1.82, 2.24) is 5.43 Å². The molecule has 20 heavy (non-hydrogen) atoms. The Labute approximate surface area is 118 Å². The number of aryl methyl sites for hydroxylation is 1. The summed E-state index contributed by atoms with van der Waals surface area (Å²) in [5.74, 6) is -0.216. The highest BCUT2D eigenvalue weighted by Crippen LogP contribution is 2.08. The van der Waals surface area contributed by atoms with Crippen molar-refractivity contribution in [2.75, 3.05) is 5.73 Å². The number of carbonyl (C=O) groups is 1. The Kier molecular flexibility index (Phi) is 4.15. The molecule has 0 saturated heterocycles. The molecule has 0 unspecified atom stereocenters. The van der Waals surface area contributed by atoms with E-state index in [1.165, 1.54) is 0 Å². The van der Waals surface area contributed by atoms with Gasteiger partial charge in [-0.2, -0.15) is 5.10 Å². The van der Waals surface area contributed by atoms with Crippen LogP contribution in [0.15, 0.2) is 53.6 Å². The van der Waals surface area contributed by atoms with Crippen molar-refractivity contribution in [3.05, 3.63) is 65.2 Å². The molecule has 0 aliphatic heterocycles. The Balaban J connectivity index is 2.13. The Hall–Kier alpha value is -2.62. The van der Waals surface area contributed by atoms with E-state index in [9.17, 15) is 4.79 Å². The highest BCUT2D eigenvalue weighted by molar-refractivity contribution is 6.01. The van der Waals surface area contributed by atoms with Gasteiger partial charge in [0.05, 0.1) is 5.71 Å². The normalized spacial score (nSPS) is 11.2. The van der Waals surface area contributed by atoms with Gasteiger partial charge in [-0.25, -0.2) is 5.43 Å². The SMILES string of the molecule is C/C(=N\NC(=O)c1ccccc1C)c1cccc(N)c1. The van der Waals surface area contributed by atoms with Crippen LogP contribution in [0.4, 0.5) is 5.69 Å². The van der Waals surface area contributed by atoms with E-state index in [1.54, 1.807) is 6.07 Å². The lowest BCUT2D eigenvalue weighted by Crippen LogP contribution is -2.20. The van der Waals surface area contributed by atoms with Gasteiger partial charge in [-0.05, 0) is 43.2 Å². The lowest BCUT2D eigenvalue weighted by Gasteiger charge is -2.05. The third kappa shape index (κ3) is 3.23. The van der Waals surface area contributed by atoms with Gasteiger partial charge in [0, 0.05) is 11.3 Å². The minimum absolute atomic E-state index is 0.216. The van der Waals surface area contributed by atoms with Crippen LogP contribution in [-0.2, 0) is 0 Å². The molecule has 0 bridgehead atoms. The number of hydrazone groups is 1. The molecule has 0 saturated carbocycles. The van der Waals surface area contributed by atoms with Crippen LogP contribution in [0.2, 0.25) is 0 Å². The number of nitrogens with zero attached hydrogens (tertiary/aromatic N) is 1. The van der Waals surface area contributed by atoms with E-state index in [4.69, 9.17) is 5.73 Å². The maximum atomic E-state index is 12.0. The van der Waals surface area contributed by atoms with E-state index in [-0.39, 0.29) is 5.91 Å². The molecule has 0 radical (unpaired) electrons. The van der Waals surface area contributed by atoms with Crippen molar-refractivity contribution < 1.29 is 4.79 Å². The van der Waals surface area contributed by atoms with Crippen LogP contribution in [0.25, 0.3) is 0 Å². The summed E-state index contributed by atoms with van der Waals surface area (Å²) in [7, 11) is 0. The van der Waals surface area contributed by atoms with Gasteiger partial charge in [0.1, 0.15) is 0 Å². The molecule has 4 heteroatoms. The second-order valence-electron chi connectivity index (χ2n) is 4.58. The quantitative estimate of drug-likeness (QED) is 0.510. The molecule has 0 aromatic heterocycles. The third-order valence-corrected chi connectivity index (χ3v) is 3.02. The molecule has 2 aromatic carbocycles. The van der Waals surface area contributed by atoms with Gasteiger partial charge in [0.2, 0.25) is 0 Å². The highest BCUT2D eigenvalue weighted by atomic mass is 16.2. The van der Waals surface area contributed by atoms with Crippen LogP contribution < -0.4 is 11.2 Å². The number of nitrogen functional groups attached to an aromatic ring is 1. The minimum Gasteiger partial charge on any atom is -0.399 e. The van der Waals surface area contributed by atoms with E-state index in [0.717, 1.165) is 11.1 Å². The molecule has 0 heterocycles. The molecular weight excluding hydrogens is 250 g/mol. The van der Waals surface area contributed by atoms with Gasteiger partial charge in [0.15, 0.2) is 0 Å². The van der Waals surface area contributed by atoms with Gasteiger partial charge in [0.25, 0.3) is 5.91 Å². The van der Waals surface area contributed by atoms with Gasteiger partial charge >= 0.3 is 0 Å². The van der Waals surface area contributed by atoms with Crippen LogP contribution >= 0.6 is 0 Å². The first kappa shape index (κ1) is 13.8. The van der Waals surface area contributed by atoms with Crippen LogP contribution in [-0.4, -0.2) is 11.6 Å². The lowest BCUT2D eigenvalue weighted by atomic mass is 10.1. The number of nitrogens with two attached hydrogens (primary N) is 1. The van der Waals surface area contributed by atoms with Crippen LogP contribution in [0.1, 0.15) is 28.4 Å². The molecule has 4 nitrogen and oxygen atoms in total. The second-order valence-corrected chi connectivity index (χ2v) is 4.58. The van der Waals surface area contributed by atoms with Crippen molar-refractivity contribution in [2.45, 2.75) is 13.8 Å². The smallest absolute Gasteiger partial charge is 0.271 e. The number of rotatable bonds is 3. The first-order valence-electron chi connectivity index (χ1n) is 6.34. The van der Waals surface area contributed by atoms with Crippen molar-refractivity contribution >= 4 is 17.3 Å². The number of amides is 1. The molecule has 1 amide bonds. The van der Waals surface area contributed by atoms with Gasteiger partial charge < -0.3 is 5.73 Å².